The molecule has 0 spiro atoms. The third-order valence-electron chi connectivity index (χ3n) is 4.36. The summed E-state index contributed by atoms with van der Waals surface area (Å²) in [6, 6.07) is 7.30. The van der Waals surface area contributed by atoms with Gasteiger partial charge in [0.2, 0.25) is 0 Å². The van der Waals surface area contributed by atoms with Crippen LogP contribution in [-0.4, -0.2) is 60.5 Å². The minimum atomic E-state index is -0.312. The Balaban J connectivity index is 2.22. The molecule has 1 fully saturated rings. The van der Waals surface area contributed by atoms with Gasteiger partial charge in [-0.25, -0.2) is 0 Å². The number of non-ortho nitro benzene ring substituents is 1. The van der Waals surface area contributed by atoms with Gasteiger partial charge in [-0.2, -0.15) is 0 Å². The molecular formula is C16H26N4O2. The zero-order valence-electron chi connectivity index (χ0n) is 13.5. The molecule has 1 aliphatic heterocycles. The van der Waals surface area contributed by atoms with Crippen LogP contribution in [0.2, 0.25) is 0 Å². The second-order valence-corrected chi connectivity index (χ2v) is 5.64. The number of likely N-dealkylation sites (N-methyl/N-ethyl adjacent to an activating group) is 1. The van der Waals surface area contributed by atoms with Crippen LogP contribution < -0.4 is 5.32 Å². The number of hydrogen-bond acceptors (Lipinski definition) is 5. The number of nitrogens with zero attached hydrogens (tertiary/aromatic N) is 3. The van der Waals surface area contributed by atoms with Crippen LogP contribution in [-0.2, 0) is 0 Å². The average molecular weight is 306 g/mol. The van der Waals surface area contributed by atoms with Crippen molar-refractivity contribution in [3.63, 3.8) is 0 Å². The number of nitrogens with one attached hydrogen (secondary N) is 1. The van der Waals surface area contributed by atoms with Gasteiger partial charge in [-0.05, 0) is 18.7 Å². The van der Waals surface area contributed by atoms with E-state index < -0.39 is 0 Å². The van der Waals surface area contributed by atoms with Crippen molar-refractivity contribution in [2.24, 2.45) is 0 Å². The third kappa shape index (κ3) is 4.25. The van der Waals surface area contributed by atoms with E-state index in [1.165, 1.54) is 0 Å². The van der Waals surface area contributed by atoms with Gasteiger partial charge in [0.15, 0.2) is 0 Å². The van der Waals surface area contributed by atoms with Crippen LogP contribution in [0, 0.1) is 10.1 Å². The monoisotopic (exact) mass is 306 g/mol. The van der Waals surface area contributed by atoms with E-state index in [-0.39, 0.29) is 16.7 Å². The van der Waals surface area contributed by atoms with Crippen LogP contribution in [0.5, 0.6) is 0 Å². The highest BCUT2D eigenvalue weighted by molar-refractivity contribution is 5.36. The summed E-state index contributed by atoms with van der Waals surface area (Å²) in [5, 5.41) is 14.4. The fourth-order valence-electron chi connectivity index (χ4n) is 3.08. The second kappa shape index (κ2) is 8.22. The highest BCUT2D eigenvalue weighted by atomic mass is 16.6. The van der Waals surface area contributed by atoms with Crippen LogP contribution in [0.3, 0.4) is 0 Å². The Morgan fingerprint density at radius 3 is 2.59 bits per heavy atom. The summed E-state index contributed by atoms with van der Waals surface area (Å²) in [5.41, 5.74) is 1.21. The van der Waals surface area contributed by atoms with E-state index in [1.807, 2.05) is 6.07 Å². The number of piperazine rings is 1. The molecule has 1 heterocycles. The van der Waals surface area contributed by atoms with Crippen LogP contribution in [0.25, 0.3) is 0 Å². The summed E-state index contributed by atoms with van der Waals surface area (Å²) >= 11 is 0. The van der Waals surface area contributed by atoms with E-state index in [1.54, 1.807) is 18.2 Å². The molecule has 1 atom stereocenters. The average Bonchev–Trinajstić information content (AvgIpc) is 2.56. The standard InChI is InChI=1S/C16H26N4O2/c1-3-19(4-2)16(13-18-10-8-17-9-11-18)14-6-5-7-15(12-14)20(21)22/h5-7,12,16-17H,3-4,8-11,13H2,1-2H3. The Morgan fingerprint density at radius 1 is 1.32 bits per heavy atom. The number of hydrogen-bond donors (Lipinski definition) is 1. The van der Waals surface area contributed by atoms with Gasteiger partial charge in [-0.3, -0.25) is 19.9 Å². The summed E-state index contributed by atoms with van der Waals surface area (Å²) < 4.78 is 0. The maximum Gasteiger partial charge on any atom is 0.269 e. The number of benzene rings is 1. The van der Waals surface area contributed by atoms with E-state index in [2.05, 4.69) is 29.0 Å². The number of nitro benzene ring substituents is 1. The molecule has 6 heteroatoms. The highest BCUT2D eigenvalue weighted by Crippen LogP contribution is 2.25. The lowest BCUT2D eigenvalue weighted by atomic mass is 10.0. The van der Waals surface area contributed by atoms with Crippen molar-refractivity contribution in [2.45, 2.75) is 19.9 Å². The van der Waals surface area contributed by atoms with Crippen molar-refractivity contribution in [1.29, 1.82) is 0 Å². The second-order valence-electron chi connectivity index (χ2n) is 5.64. The van der Waals surface area contributed by atoms with Crippen molar-refractivity contribution < 1.29 is 4.92 Å². The lowest BCUT2D eigenvalue weighted by molar-refractivity contribution is -0.385. The zero-order valence-corrected chi connectivity index (χ0v) is 13.5. The number of nitro groups is 1. The summed E-state index contributed by atoms with van der Waals surface area (Å²) in [7, 11) is 0. The smallest absolute Gasteiger partial charge is 0.269 e. The molecule has 1 N–H and O–H groups in total. The molecule has 1 saturated heterocycles. The summed E-state index contributed by atoms with van der Waals surface area (Å²) in [5.74, 6) is 0. The first kappa shape index (κ1) is 16.9. The van der Waals surface area contributed by atoms with Gasteiger partial charge in [0.1, 0.15) is 0 Å². The van der Waals surface area contributed by atoms with Crippen LogP contribution in [0.15, 0.2) is 24.3 Å². The SMILES string of the molecule is CCN(CC)C(CN1CCNCC1)c1cccc([N+](=O)[O-])c1. The van der Waals surface area contributed by atoms with E-state index in [4.69, 9.17) is 0 Å². The molecule has 0 bridgehead atoms. The molecule has 6 nitrogen and oxygen atoms in total. The first-order valence-corrected chi connectivity index (χ1v) is 8.07. The molecule has 1 aromatic carbocycles. The van der Waals surface area contributed by atoms with Crippen LogP contribution >= 0.6 is 0 Å². The van der Waals surface area contributed by atoms with E-state index in [0.29, 0.717) is 0 Å². The minimum Gasteiger partial charge on any atom is -0.314 e. The first-order valence-electron chi connectivity index (χ1n) is 8.07. The summed E-state index contributed by atoms with van der Waals surface area (Å²) in [6.07, 6.45) is 0. The van der Waals surface area contributed by atoms with Gasteiger partial charge < -0.3 is 5.32 Å². The van der Waals surface area contributed by atoms with Crippen molar-refractivity contribution >= 4 is 5.69 Å². The fraction of sp³-hybridized carbons (Fsp3) is 0.625. The van der Waals surface area contributed by atoms with Crippen LogP contribution in [0.1, 0.15) is 25.5 Å². The molecule has 22 heavy (non-hydrogen) atoms. The largest absolute Gasteiger partial charge is 0.314 e. The Hall–Kier alpha value is -1.50. The molecule has 1 aromatic rings. The number of rotatable bonds is 7. The maximum absolute atomic E-state index is 11.0. The topological polar surface area (TPSA) is 61.6 Å². The Bertz CT molecular complexity index is 485. The summed E-state index contributed by atoms with van der Waals surface area (Å²) in [6.45, 7) is 11.2. The lowest BCUT2D eigenvalue weighted by Gasteiger charge is -2.36. The maximum atomic E-state index is 11.0. The zero-order chi connectivity index (χ0) is 15.9. The minimum absolute atomic E-state index is 0.176. The Labute approximate surface area is 132 Å². The highest BCUT2D eigenvalue weighted by Gasteiger charge is 2.23. The van der Waals surface area contributed by atoms with Gasteiger partial charge in [0.05, 0.1) is 4.92 Å². The molecule has 0 saturated carbocycles. The quantitative estimate of drug-likeness (QED) is 0.615. The molecule has 2 rings (SSSR count). The molecular weight excluding hydrogens is 280 g/mol. The predicted molar refractivity (Wildman–Crippen MR) is 88.1 cm³/mol. The molecule has 0 aromatic heterocycles. The third-order valence-corrected chi connectivity index (χ3v) is 4.36. The van der Waals surface area contributed by atoms with Crippen LogP contribution in [0.4, 0.5) is 5.69 Å². The normalized spacial score (nSPS) is 17.6. The van der Waals surface area contributed by atoms with Gasteiger partial charge in [0.25, 0.3) is 5.69 Å². The Morgan fingerprint density at radius 2 is 2.00 bits per heavy atom. The van der Waals surface area contributed by atoms with Gasteiger partial charge in [-0.15, -0.1) is 0 Å². The van der Waals surface area contributed by atoms with E-state index >= 15 is 0 Å². The van der Waals surface area contributed by atoms with Crippen molar-refractivity contribution in [3.8, 4) is 0 Å². The molecule has 1 aliphatic rings. The Kier molecular flexibility index (Phi) is 6.30. The molecule has 122 valence electrons. The van der Waals surface area contributed by atoms with Crippen molar-refractivity contribution in [3.05, 3.63) is 39.9 Å². The van der Waals surface area contributed by atoms with E-state index in [0.717, 1.165) is 51.4 Å². The predicted octanol–water partition coefficient (Wildman–Crippen LogP) is 1.88. The fourth-order valence-corrected chi connectivity index (χ4v) is 3.08. The molecule has 0 aliphatic carbocycles. The van der Waals surface area contributed by atoms with Gasteiger partial charge in [-0.1, -0.05) is 26.0 Å². The molecule has 0 amide bonds. The molecule has 0 radical (unpaired) electrons. The lowest BCUT2D eigenvalue weighted by Crippen LogP contribution is -2.47. The van der Waals surface area contributed by atoms with Gasteiger partial charge >= 0.3 is 0 Å². The van der Waals surface area contributed by atoms with Crippen molar-refractivity contribution in [2.75, 3.05) is 45.8 Å². The van der Waals surface area contributed by atoms with E-state index in [9.17, 15) is 10.1 Å². The molecule has 1 unspecified atom stereocenters. The van der Waals surface area contributed by atoms with Crippen molar-refractivity contribution in [1.82, 2.24) is 15.1 Å². The first-order chi connectivity index (χ1) is 10.7. The summed E-state index contributed by atoms with van der Waals surface area (Å²) in [4.78, 5) is 15.6. The van der Waals surface area contributed by atoms with Gasteiger partial charge in [0, 0.05) is 50.9 Å².